The van der Waals surface area contributed by atoms with Gasteiger partial charge in [0.05, 0.1) is 23.3 Å². The maximum absolute atomic E-state index is 13.4. The number of rotatable bonds is 4. The van der Waals surface area contributed by atoms with E-state index in [2.05, 4.69) is 10.4 Å². The van der Waals surface area contributed by atoms with Crippen molar-refractivity contribution < 1.29 is 18.7 Å². The van der Waals surface area contributed by atoms with E-state index in [4.69, 9.17) is 16.3 Å². The van der Waals surface area contributed by atoms with Crippen molar-refractivity contribution in [2.75, 3.05) is 17.7 Å². The molecule has 138 valence electrons. The number of esters is 1. The number of hydrogen-bond acceptors (Lipinski definition) is 5. The summed E-state index contributed by atoms with van der Waals surface area (Å²) in [5.41, 5.74) is 2.10. The summed E-state index contributed by atoms with van der Waals surface area (Å²) >= 11 is 7.62. The lowest BCUT2D eigenvalue weighted by Crippen LogP contribution is -2.20. The molecule has 1 N–H and O–H groups in total. The monoisotopic (exact) mass is 397 g/mol. The van der Waals surface area contributed by atoms with E-state index < -0.39 is 11.8 Å². The van der Waals surface area contributed by atoms with Gasteiger partial charge < -0.3 is 10.1 Å². The Morgan fingerprint density at radius 1 is 1.54 bits per heavy atom. The number of benzene rings is 1. The van der Waals surface area contributed by atoms with Gasteiger partial charge in [-0.15, -0.1) is 11.8 Å². The quantitative estimate of drug-likeness (QED) is 0.801. The second-order valence-corrected chi connectivity index (χ2v) is 7.22. The topological polar surface area (TPSA) is 73.2 Å². The average Bonchev–Trinajstić information content (AvgIpc) is 2.75. The third-order valence-corrected chi connectivity index (χ3v) is 5.48. The highest BCUT2D eigenvalue weighted by Crippen LogP contribution is 2.45. The number of carbonyl (C=O) groups is 2. The highest BCUT2D eigenvalue weighted by atomic mass is 35.5. The van der Waals surface area contributed by atoms with Crippen LogP contribution in [0.25, 0.3) is 0 Å². The first-order chi connectivity index (χ1) is 12.4. The van der Waals surface area contributed by atoms with Gasteiger partial charge in [0.15, 0.2) is 0 Å². The van der Waals surface area contributed by atoms with Crippen LogP contribution in [0.2, 0.25) is 5.02 Å². The van der Waals surface area contributed by atoms with Gasteiger partial charge in [-0.25, -0.2) is 9.07 Å². The Balaban J connectivity index is 2.07. The van der Waals surface area contributed by atoms with E-state index in [0.717, 1.165) is 5.56 Å². The van der Waals surface area contributed by atoms with Gasteiger partial charge in [0, 0.05) is 10.6 Å². The molecular weight excluding hydrogens is 381 g/mol. The number of carbonyl (C=O) groups excluding carboxylic acids is 2. The molecular formula is C17H17ClFN3O3S. The standard InChI is InChI=1S/C17H17ClFN3O3S/c1-3-25-14(24)7-22-17-15(9(2)21-22)16(26-8-13(23)20-17)11-5-4-10(19)6-12(11)18/h4-6,16H,3,7-8H2,1-2H3,(H,20,23). The SMILES string of the molecule is CCOC(=O)Cn1nc(C)c2c1NC(=O)CSC2c1ccc(F)cc1Cl. The van der Waals surface area contributed by atoms with Crippen LogP contribution in [0.15, 0.2) is 18.2 Å². The van der Waals surface area contributed by atoms with Gasteiger partial charge in [-0.1, -0.05) is 17.7 Å². The van der Waals surface area contributed by atoms with Crippen LogP contribution in [0.3, 0.4) is 0 Å². The molecule has 1 atom stereocenters. The molecule has 0 bridgehead atoms. The van der Waals surface area contributed by atoms with Crippen LogP contribution in [-0.4, -0.2) is 34.0 Å². The fourth-order valence-corrected chi connectivity index (χ4v) is 4.42. The molecule has 1 amide bonds. The van der Waals surface area contributed by atoms with Crippen LogP contribution in [0.1, 0.15) is 29.0 Å². The molecule has 0 saturated carbocycles. The van der Waals surface area contributed by atoms with Gasteiger partial charge in [-0.05, 0) is 31.5 Å². The van der Waals surface area contributed by atoms with Gasteiger partial charge in [0.2, 0.25) is 5.91 Å². The van der Waals surface area contributed by atoms with Gasteiger partial charge in [0.1, 0.15) is 18.2 Å². The second-order valence-electron chi connectivity index (χ2n) is 5.72. The Kier molecular flexibility index (Phi) is 5.52. The van der Waals surface area contributed by atoms with Crippen molar-refractivity contribution in [2.24, 2.45) is 0 Å². The molecule has 1 aliphatic rings. The second kappa shape index (κ2) is 7.67. The summed E-state index contributed by atoms with van der Waals surface area (Å²) in [6.45, 7) is 3.66. The van der Waals surface area contributed by atoms with E-state index in [1.54, 1.807) is 19.9 Å². The van der Waals surface area contributed by atoms with Crippen molar-refractivity contribution in [2.45, 2.75) is 25.6 Å². The molecule has 2 aromatic rings. The number of nitrogens with one attached hydrogen (secondary N) is 1. The van der Waals surface area contributed by atoms with Crippen molar-refractivity contribution in [1.29, 1.82) is 0 Å². The highest BCUT2D eigenvalue weighted by molar-refractivity contribution is 8.00. The molecule has 2 heterocycles. The molecule has 6 nitrogen and oxygen atoms in total. The summed E-state index contributed by atoms with van der Waals surface area (Å²) in [6, 6.07) is 4.19. The molecule has 0 fully saturated rings. The van der Waals surface area contributed by atoms with Gasteiger partial charge in [0.25, 0.3) is 0 Å². The summed E-state index contributed by atoms with van der Waals surface area (Å²) < 4.78 is 19.8. The molecule has 0 radical (unpaired) electrons. The van der Waals surface area contributed by atoms with E-state index in [0.29, 0.717) is 17.1 Å². The fourth-order valence-electron chi connectivity index (χ4n) is 2.85. The first kappa shape index (κ1) is 18.7. The Morgan fingerprint density at radius 2 is 2.31 bits per heavy atom. The van der Waals surface area contributed by atoms with Crippen LogP contribution in [0, 0.1) is 12.7 Å². The normalized spacial score (nSPS) is 16.6. The molecule has 3 rings (SSSR count). The highest BCUT2D eigenvalue weighted by Gasteiger charge is 2.31. The third-order valence-electron chi connectivity index (χ3n) is 3.90. The van der Waals surface area contributed by atoms with E-state index in [1.165, 1.54) is 28.6 Å². The van der Waals surface area contributed by atoms with Crippen molar-refractivity contribution in [3.63, 3.8) is 0 Å². The van der Waals surface area contributed by atoms with E-state index >= 15 is 0 Å². The average molecular weight is 398 g/mol. The van der Waals surface area contributed by atoms with Crippen molar-refractivity contribution in [3.05, 3.63) is 45.9 Å². The van der Waals surface area contributed by atoms with E-state index in [1.807, 2.05) is 0 Å². The number of amides is 1. The summed E-state index contributed by atoms with van der Waals surface area (Å²) in [7, 11) is 0. The van der Waals surface area contributed by atoms with Crippen molar-refractivity contribution in [3.8, 4) is 0 Å². The van der Waals surface area contributed by atoms with Crippen LogP contribution in [0.5, 0.6) is 0 Å². The minimum Gasteiger partial charge on any atom is -0.465 e. The zero-order valence-electron chi connectivity index (χ0n) is 14.2. The summed E-state index contributed by atoms with van der Waals surface area (Å²) in [5.74, 6) is -0.439. The Morgan fingerprint density at radius 3 is 3.00 bits per heavy atom. The zero-order chi connectivity index (χ0) is 18.8. The predicted octanol–water partition coefficient (Wildman–Crippen LogP) is 3.32. The smallest absolute Gasteiger partial charge is 0.327 e. The first-order valence-electron chi connectivity index (χ1n) is 8.00. The summed E-state index contributed by atoms with van der Waals surface area (Å²) in [4.78, 5) is 24.0. The summed E-state index contributed by atoms with van der Waals surface area (Å²) in [6.07, 6.45) is 0. The lowest BCUT2D eigenvalue weighted by Gasteiger charge is -2.17. The number of ether oxygens (including phenoxy) is 1. The molecule has 0 saturated heterocycles. The molecule has 1 unspecified atom stereocenters. The molecule has 0 aliphatic carbocycles. The molecule has 1 aromatic heterocycles. The van der Waals surface area contributed by atoms with E-state index in [9.17, 15) is 14.0 Å². The molecule has 9 heteroatoms. The van der Waals surface area contributed by atoms with Gasteiger partial charge in [-0.2, -0.15) is 5.10 Å². The molecule has 1 aliphatic heterocycles. The first-order valence-corrected chi connectivity index (χ1v) is 9.42. The van der Waals surface area contributed by atoms with Gasteiger partial charge >= 0.3 is 5.97 Å². The maximum atomic E-state index is 13.4. The number of nitrogens with zero attached hydrogens (tertiary/aromatic N) is 2. The maximum Gasteiger partial charge on any atom is 0.327 e. The number of aryl methyl sites for hydroxylation is 1. The molecule has 26 heavy (non-hydrogen) atoms. The minimum atomic E-state index is -0.444. The fraction of sp³-hybridized carbons (Fsp3) is 0.353. The number of fused-ring (bicyclic) bond motifs is 1. The Hall–Kier alpha value is -2.06. The Bertz CT molecular complexity index is 871. The number of hydrogen-bond donors (Lipinski definition) is 1. The van der Waals surface area contributed by atoms with Crippen molar-refractivity contribution >= 4 is 41.1 Å². The Labute approximate surface area is 159 Å². The lowest BCUT2D eigenvalue weighted by molar-refractivity contribution is -0.144. The number of aromatic nitrogens is 2. The number of halogens is 2. The van der Waals surface area contributed by atoms with Crippen LogP contribution in [0.4, 0.5) is 10.2 Å². The number of anilines is 1. The lowest BCUT2D eigenvalue weighted by atomic mass is 10.0. The summed E-state index contributed by atoms with van der Waals surface area (Å²) in [5, 5.41) is 7.16. The minimum absolute atomic E-state index is 0.112. The molecule has 1 aromatic carbocycles. The van der Waals surface area contributed by atoms with E-state index in [-0.39, 0.29) is 35.1 Å². The third kappa shape index (κ3) is 3.71. The predicted molar refractivity (Wildman–Crippen MR) is 97.9 cm³/mol. The van der Waals surface area contributed by atoms with Crippen molar-refractivity contribution in [1.82, 2.24) is 9.78 Å². The van der Waals surface area contributed by atoms with Gasteiger partial charge in [-0.3, -0.25) is 9.59 Å². The largest absolute Gasteiger partial charge is 0.465 e. The zero-order valence-corrected chi connectivity index (χ0v) is 15.8. The van der Waals surface area contributed by atoms with Crippen LogP contribution < -0.4 is 5.32 Å². The van der Waals surface area contributed by atoms with Crippen LogP contribution >= 0.6 is 23.4 Å². The van der Waals surface area contributed by atoms with Crippen LogP contribution in [-0.2, 0) is 20.9 Å². The molecule has 0 spiro atoms. The number of thioether (sulfide) groups is 1.